The summed E-state index contributed by atoms with van der Waals surface area (Å²) in [6, 6.07) is 36.9. The zero-order valence-corrected chi connectivity index (χ0v) is 30.9. The number of aromatic nitrogens is 4. The minimum absolute atomic E-state index is 0. The maximum Gasteiger partial charge on any atom is 2.00 e. The molecule has 0 aliphatic heterocycles. The molecule has 0 saturated heterocycles. The zero-order valence-electron chi connectivity index (χ0n) is 28.6. The Labute approximate surface area is 297 Å². The van der Waals surface area contributed by atoms with Gasteiger partial charge in [-0.05, 0) is 78.6 Å². The van der Waals surface area contributed by atoms with Crippen molar-refractivity contribution >= 4 is 21.8 Å². The molecule has 6 heteroatoms. The first-order chi connectivity index (χ1) is 22.6. The molecule has 7 rings (SSSR count). The molecule has 0 aliphatic carbocycles. The second-order valence-electron chi connectivity index (χ2n) is 13.5. The average Bonchev–Trinajstić information content (AvgIpc) is 3.53. The van der Waals surface area contributed by atoms with Gasteiger partial charge >= 0.3 is 21.1 Å². The Kier molecular flexibility index (Phi) is 9.20. The van der Waals surface area contributed by atoms with E-state index in [4.69, 9.17) is 14.8 Å². The molecule has 0 aliphatic rings. The van der Waals surface area contributed by atoms with Gasteiger partial charge in [-0.25, -0.2) is 4.98 Å². The normalized spacial score (nSPS) is 11.6. The molecule has 7 aromatic rings. The molecule has 4 aromatic carbocycles. The van der Waals surface area contributed by atoms with Crippen LogP contribution in [0, 0.1) is 32.9 Å². The fraction of sp³-hybridized carbons (Fsp3) is 0.238. The number of hydrogen-bond donors (Lipinski definition) is 0. The Balaban J connectivity index is 0.00000401. The first-order valence-corrected chi connectivity index (χ1v) is 16.4. The number of nitrogens with zero attached hydrogens (tertiary/aromatic N) is 4. The Morgan fingerprint density at radius 2 is 1.60 bits per heavy atom. The smallest absolute Gasteiger partial charge is 0.509 e. The van der Waals surface area contributed by atoms with Gasteiger partial charge in [-0.1, -0.05) is 82.1 Å². The van der Waals surface area contributed by atoms with Crippen molar-refractivity contribution in [2.45, 2.75) is 66.7 Å². The minimum Gasteiger partial charge on any atom is -0.509 e. The number of rotatable bonds is 7. The van der Waals surface area contributed by atoms with Crippen LogP contribution in [0.5, 0.6) is 11.5 Å². The van der Waals surface area contributed by atoms with E-state index in [2.05, 4.69) is 132 Å². The van der Waals surface area contributed by atoms with E-state index in [0.29, 0.717) is 11.5 Å². The Morgan fingerprint density at radius 3 is 2.33 bits per heavy atom. The van der Waals surface area contributed by atoms with Gasteiger partial charge in [0.2, 0.25) is 0 Å². The molecule has 3 heterocycles. The van der Waals surface area contributed by atoms with E-state index in [1.807, 2.05) is 29.1 Å². The van der Waals surface area contributed by atoms with Crippen LogP contribution in [0.3, 0.4) is 0 Å². The largest absolute Gasteiger partial charge is 2.00 e. The van der Waals surface area contributed by atoms with Crippen molar-refractivity contribution in [3.8, 4) is 34.1 Å². The molecule has 0 atom stereocenters. The van der Waals surface area contributed by atoms with Gasteiger partial charge in [0.15, 0.2) is 0 Å². The molecule has 0 saturated carbocycles. The van der Waals surface area contributed by atoms with E-state index in [1.165, 1.54) is 10.9 Å². The Bertz CT molecular complexity index is 2260. The van der Waals surface area contributed by atoms with E-state index < -0.39 is 0 Å². The van der Waals surface area contributed by atoms with Crippen molar-refractivity contribution in [2.24, 2.45) is 0 Å². The van der Waals surface area contributed by atoms with Crippen molar-refractivity contribution in [3.05, 3.63) is 131 Å². The predicted octanol–water partition coefficient (Wildman–Crippen LogP) is 10.6. The van der Waals surface area contributed by atoms with Gasteiger partial charge in [0.1, 0.15) is 5.82 Å². The summed E-state index contributed by atoms with van der Waals surface area (Å²) in [4.78, 5) is 4.76. The van der Waals surface area contributed by atoms with Crippen LogP contribution in [0.1, 0.15) is 62.2 Å². The van der Waals surface area contributed by atoms with Crippen LogP contribution in [0.4, 0.5) is 0 Å². The van der Waals surface area contributed by atoms with Gasteiger partial charge in [-0.3, -0.25) is 4.68 Å². The molecule has 5 nitrogen and oxygen atoms in total. The molecule has 244 valence electrons. The summed E-state index contributed by atoms with van der Waals surface area (Å²) in [6.45, 7) is 15.1. The second kappa shape index (κ2) is 13.2. The maximum absolute atomic E-state index is 6.63. The number of hydrogen-bond acceptors (Lipinski definition) is 3. The fourth-order valence-corrected chi connectivity index (χ4v) is 6.50. The second-order valence-corrected chi connectivity index (χ2v) is 13.5. The Hall–Kier alpha value is -4.47. The van der Waals surface area contributed by atoms with Crippen molar-refractivity contribution in [1.29, 1.82) is 0 Å². The SMILES string of the molecule is CCCc1ccc2c(c1)c1ccc(Oc3[c-]c(-n4nc(C)c(-c5ccccc5)c4C)cc(C(C)(C)C)c3)[c-]c1n2-c1cc(C)ccn1.[Pt+2]. The van der Waals surface area contributed by atoms with E-state index in [1.54, 1.807) is 0 Å². The van der Waals surface area contributed by atoms with Gasteiger partial charge in [-0.2, -0.15) is 11.2 Å². The summed E-state index contributed by atoms with van der Waals surface area (Å²) in [5.41, 5.74) is 10.7. The standard InChI is InChI=1S/C42H40N4O.Pt/c1-8-12-30-15-18-38-37(22-30)36-17-16-34(26-39(36)45(38)40-21-27(2)19-20-43-40)47-35-24-32(42(5,6)7)23-33(25-35)46-29(4)41(28(3)44-46)31-13-10-9-11-14-31;/h9-11,13-24H,8,12H2,1-7H3;/q-2;+2. The van der Waals surface area contributed by atoms with Gasteiger partial charge in [-0.15, -0.1) is 41.3 Å². The topological polar surface area (TPSA) is 44.9 Å². The summed E-state index contributed by atoms with van der Waals surface area (Å²) < 4.78 is 10.8. The van der Waals surface area contributed by atoms with Crippen molar-refractivity contribution < 1.29 is 25.8 Å². The summed E-state index contributed by atoms with van der Waals surface area (Å²) in [7, 11) is 0. The molecule has 0 spiro atoms. The minimum atomic E-state index is -0.118. The summed E-state index contributed by atoms with van der Waals surface area (Å²) >= 11 is 0. The molecule has 48 heavy (non-hydrogen) atoms. The molecular formula is C42H40N4OPt. The van der Waals surface area contributed by atoms with Crippen LogP contribution in [0.2, 0.25) is 0 Å². The Morgan fingerprint density at radius 1 is 0.812 bits per heavy atom. The predicted molar refractivity (Wildman–Crippen MR) is 192 cm³/mol. The van der Waals surface area contributed by atoms with Crippen molar-refractivity contribution in [1.82, 2.24) is 19.3 Å². The number of fused-ring (bicyclic) bond motifs is 3. The van der Waals surface area contributed by atoms with E-state index in [9.17, 15) is 0 Å². The first-order valence-electron chi connectivity index (χ1n) is 16.4. The van der Waals surface area contributed by atoms with E-state index in [0.717, 1.165) is 74.4 Å². The number of pyridine rings is 1. The van der Waals surface area contributed by atoms with Gasteiger partial charge in [0, 0.05) is 34.5 Å². The monoisotopic (exact) mass is 811 g/mol. The zero-order chi connectivity index (χ0) is 32.9. The van der Waals surface area contributed by atoms with Crippen LogP contribution >= 0.6 is 0 Å². The van der Waals surface area contributed by atoms with Crippen LogP contribution < -0.4 is 4.74 Å². The van der Waals surface area contributed by atoms with Crippen LogP contribution in [-0.2, 0) is 32.9 Å². The van der Waals surface area contributed by atoms with Crippen molar-refractivity contribution in [3.63, 3.8) is 0 Å². The molecule has 3 aromatic heterocycles. The average molecular weight is 812 g/mol. The van der Waals surface area contributed by atoms with Crippen molar-refractivity contribution in [2.75, 3.05) is 0 Å². The first kappa shape index (κ1) is 33.4. The van der Waals surface area contributed by atoms with Crippen LogP contribution in [0.15, 0.2) is 91.1 Å². The quantitative estimate of drug-likeness (QED) is 0.151. The third-order valence-corrected chi connectivity index (χ3v) is 8.88. The molecule has 0 unspecified atom stereocenters. The van der Waals surface area contributed by atoms with Gasteiger partial charge < -0.3 is 9.30 Å². The van der Waals surface area contributed by atoms with Gasteiger partial charge in [0.05, 0.1) is 5.69 Å². The summed E-state index contributed by atoms with van der Waals surface area (Å²) in [5, 5.41) is 7.29. The summed E-state index contributed by atoms with van der Waals surface area (Å²) in [6.07, 6.45) is 4.01. The molecule has 0 amide bonds. The van der Waals surface area contributed by atoms with E-state index >= 15 is 0 Å². The number of aryl methyl sites for hydroxylation is 3. The number of benzene rings is 4. The van der Waals surface area contributed by atoms with Crippen LogP contribution in [0.25, 0.3) is 44.4 Å². The molecule has 0 bridgehead atoms. The molecule has 0 radical (unpaired) electrons. The maximum atomic E-state index is 6.63. The van der Waals surface area contributed by atoms with Gasteiger partial charge in [0.25, 0.3) is 0 Å². The molecular weight excluding hydrogens is 772 g/mol. The summed E-state index contributed by atoms with van der Waals surface area (Å²) in [5.74, 6) is 2.11. The molecule has 0 fully saturated rings. The molecule has 0 N–H and O–H groups in total. The third-order valence-electron chi connectivity index (χ3n) is 8.88. The number of ether oxygens (including phenoxy) is 1. The fourth-order valence-electron chi connectivity index (χ4n) is 6.50. The third kappa shape index (κ3) is 6.24. The van der Waals surface area contributed by atoms with Crippen LogP contribution in [-0.4, -0.2) is 19.3 Å². The van der Waals surface area contributed by atoms with E-state index in [-0.39, 0.29) is 26.5 Å².